The molecule has 1 aromatic heterocycles. The third-order valence-electron chi connectivity index (χ3n) is 3.21. The van der Waals surface area contributed by atoms with Crippen molar-refractivity contribution in [3.8, 4) is 0 Å². The van der Waals surface area contributed by atoms with Gasteiger partial charge in [-0.1, -0.05) is 6.92 Å². The van der Waals surface area contributed by atoms with Crippen molar-refractivity contribution in [2.75, 3.05) is 18.1 Å². The van der Waals surface area contributed by atoms with Crippen LogP contribution in [0.3, 0.4) is 0 Å². The maximum Gasteiger partial charge on any atom is 0.295 e. The Kier molecular flexibility index (Phi) is 4.79. The van der Waals surface area contributed by atoms with E-state index in [1.807, 2.05) is 17.8 Å². The van der Waals surface area contributed by atoms with Crippen molar-refractivity contribution in [2.45, 2.75) is 18.6 Å². The third kappa shape index (κ3) is 3.19. The molecule has 0 radical (unpaired) electrons. The van der Waals surface area contributed by atoms with Crippen LogP contribution in [0.2, 0.25) is 0 Å². The first kappa shape index (κ1) is 14.6. The number of nitro groups is 1. The minimum Gasteiger partial charge on any atom is -0.384 e. The summed E-state index contributed by atoms with van der Waals surface area (Å²) in [6, 6.07) is 6.92. The van der Waals surface area contributed by atoms with Gasteiger partial charge in [0.15, 0.2) is 0 Å². The molecule has 0 saturated carbocycles. The largest absolute Gasteiger partial charge is 0.384 e. The van der Waals surface area contributed by atoms with Gasteiger partial charge in [-0.25, -0.2) is 4.98 Å². The number of pyridine rings is 1. The van der Waals surface area contributed by atoms with Gasteiger partial charge in [-0.15, -0.1) is 0 Å². The molecule has 0 aliphatic heterocycles. The van der Waals surface area contributed by atoms with Crippen LogP contribution in [0.25, 0.3) is 10.9 Å². The number of nitrogens with zero attached hydrogens (tertiary/aromatic N) is 2. The normalized spacial score (nSPS) is 12.3. The summed E-state index contributed by atoms with van der Waals surface area (Å²) in [4.78, 5) is 14.8. The Morgan fingerprint density at radius 1 is 1.45 bits per heavy atom. The van der Waals surface area contributed by atoms with Crippen LogP contribution < -0.4 is 5.32 Å². The molecule has 6 heteroatoms. The van der Waals surface area contributed by atoms with Gasteiger partial charge in [0.25, 0.3) is 5.69 Å². The second-order valence-corrected chi connectivity index (χ2v) is 5.83. The zero-order valence-electron chi connectivity index (χ0n) is 11.5. The van der Waals surface area contributed by atoms with Gasteiger partial charge >= 0.3 is 0 Å². The fourth-order valence-electron chi connectivity index (χ4n) is 1.99. The predicted molar refractivity (Wildman–Crippen MR) is 84.5 cm³/mol. The number of hydrogen-bond donors (Lipinski definition) is 1. The van der Waals surface area contributed by atoms with E-state index in [4.69, 9.17) is 0 Å². The van der Waals surface area contributed by atoms with Crippen LogP contribution in [0, 0.1) is 10.1 Å². The zero-order valence-corrected chi connectivity index (χ0v) is 12.3. The van der Waals surface area contributed by atoms with E-state index in [1.54, 1.807) is 18.3 Å². The molecule has 0 spiro atoms. The van der Waals surface area contributed by atoms with E-state index in [1.165, 1.54) is 6.07 Å². The van der Waals surface area contributed by atoms with E-state index in [0.29, 0.717) is 10.8 Å². The summed E-state index contributed by atoms with van der Waals surface area (Å²) >= 11 is 1.83. The standard InChI is InChI=1S/C14H17N3O2S/c1-10(20-2)7-9-15-12-5-6-13(17(18)19)14-11(12)4-3-8-16-14/h3-6,8,10,15H,7,9H2,1-2H3. The molecule has 0 aliphatic rings. The summed E-state index contributed by atoms with van der Waals surface area (Å²) in [6.45, 7) is 3.02. The number of benzene rings is 1. The van der Waals surface area contributed by atoms with E-state index in [2.05, 4.69) is 23.5 Å². The molecule has 106 valence electrons. The average molecular weight is 291 g/mol. The van der Waals surface area contributed by atoms with Crippen molar-refractivity contribution in [3.05, 3.63) is 40.6 Å². The minimum absolute atomic E-state index is 0.0450. The molecule has 1 N–H and O–H groups in total. The Hall–Kier alpha value is -1.82. The number of nitro benzene ring substituents is 1. The molecule has 20 heavy (non-hydrogen) atoms. The zero-order chi connectivity index (χ0) is 14.5. The van der Waals surface area contributed by atoms with Crippen molar-refractivity contribution in [1.82, 2.24) is 4.98 Å². The number of aromatic nitrogens is 1. The highest BCUT2D eigenvalue weighted by Gasteiger charge is 2.15. The Morgan fingerprint density at radius 3 is 2.95 bits per heavy atom. The van der Waals surface area contributed by atoms with Crippen molar-refractivity contribution in [2.24, 2.45) is 0 Å². The highest BCUT2D eigenvalue weighted by atomic mass is 32.2. The summed E-state index contributed by atoms with van der Waals surface area (Å²) in [5.41, 5.74) is 1.37. The molecule has 0 aliphatic carbocycles. The lowest BCUT2D eigenvalue weighted by Gasteiger charge is -2.12. The molecule has 1 unspecified atom stereocenters. The van der Waals surface area contributed by atoms with Crippen LogP contribution >= 0.6 is 11.8 Å². The predicted octanol–water partition coefficient (Wildman–Crippen LogP) is 3.70. The monoisotopic (exact) mass is 291 g/mol. The van der Waals surface area contributed by atoms with Crippen molar-refractivity contribution in [3.63, 3.8) is 0 Å². The Bertz CT molecular complexity index is 618. The van der Waals surface area contributed by atoms with E-state index in [0.717, 1.165) is 24.0 Å². The fraction of sp³-hybridized carbons (Fsp3) is 0.357. The maximum absolute atomic E-state index is 11.0. The number of nitrogens with one attached hydrogen (secondary N) is 1. The summed E-state index contributed by atoms with van der Waals surface area (Å²) in [5, 5.41) is 15.7. The number of hydrogen-bond acceptors (Lipinski definition) is 5. The smallest absolute Gasteiger partial charge is 0.295 e. The molecule has 0 fully saturated rings. The van der Waals surface area contributed by atoms with Crippen molar-refractivity contribution < 1.29 is 4.92 Å². The van der Waals surface area contributed by atoms with Crippen LogP contribution in [0.4, 0.5) is 11.4 Å². The van der Waals surface area contributed by atoms with Crippen molar-refractivity contribution in [1.29, 1.82) is 0 Å². The van der Waals surface area contributed by atoms with Crippen LogP contribution in [-0.4, -0.2) is 28.0 Å². The van der Waals surface area contributed by atoms with Gasteiger partial charge in [0, 0.05) is 35.1 Å². The third-order valence-corrected chi connectivity index (χ3v) is 4.25. The number of non-ortho nitro benzene ring substituents is 1. The molecule has 1 aromatic carbocycles. The first-order valence-corrected chi connectivity index (χ1v) is 7.71. The second kappa shape index (κ2) is 6.56. The summed E-state index contributed by atoms with van der Waals surface area (Å²) < 4.78 is 0. The first-order chi connectivity index (χ1) is 9.63. The number of thioether (sulfide) groups is 1. The Labute approximate surface area is 121 Å². The number of rotatable bonds is 6. The minimum atomic E-state index is -0.394. The first-order valence-electron chi connectivity index (χ1n) is 6.42. The molecule has 1 heterocycles. The number of anilines is 1. The van der Waals surface area contributed by atoms with Crippen LogP contribution in [-0.2, 0) is 0 Å². The maximum atomic E-state index is 11.0. The second-order valence-electron chi connectivity index (χ2n) is 4.55. The highest BCUT2D eigenvalue weighted by molar-refractivity contribution is 7.99. The summed E-state index contributed by atoms with van der Waals surface area (Å²) in [6.07, 6.45) is 4.71. The highest BCUT2D eigenvalue weighted by Crippen LogP contribution is 2.29. The van der Waals surface area contributed by atoms with E-state index in [-0.39, 0.29) is 5.69 Å². The van der Waals surface area contributed by atoms with Gasteiger partial charge in [-0.2, -0.15) is 11.8 Å². The van der Waals surface area contributed by atoms with Crippen molar-refractivity contribution >= 4 is 34.0 Å². The van der Waals surface area contributed by atoms with Crippen LogP contribution in [0.5, 0.6) is 0 Å². The molecule has 0 bridgehead atoms. The van der Waals surface area contributed by atoms with E-state index >= 15 is 0 Å². The van der Waals surface area contributed by atoms with Gasteiger partial charge in [0.2, 0.25) is 0 Å². The molecule has 0 saturated heterocycles. The topological polar surface area (TPSA) is 68.1 Å². The molecule has 5 nitrogen and oxygen atoms in total. The Balaban J connectivity index is 2.27. The number of fused-ring (bicyclic) bond motifs is 1. The SMILES string of the molecule is CSC(C)CCNc1ccc([N+](=O)[O-])c2ncccc12. The van der Waals surface area contributed by atoms with E-state index < -0.39 is 4.92 Å². The molecular formula is C14H17N3O2S. The molecular weight excluding hydrogens is 274 g/mol. The molecule has 2 aromatic rings. The van der Waals surface area contributed by atoms with Gasteiger partial charge < -0.3 is 5.32 Å². The van der Waals surface area contributed by atoms with Gasteiger partial charge in [-0.3, -0.25) is 10.1 Å². The molecule has 2 rings (SSSR count). The lowest BCUT2D eigenvalue weighted by molar-refractivity contribution is -0.383. The summed E-state index contributed by atoms with van der Waals surface area (Å²) in [5.74, 6) is 0. The van der Waals surface area contributed by atoms with Crippen LogP contribution in [0.15, 0.2) is 30.5 Å². The lowest BCUT2D eigenvalue weighted by Crippen LogP contribution is -2.08. The molecule has 1 atom stereocenters. The van der Waals surface area contributed by atoms with Crippen LogP contribution in [0.1, 0.15) is 13.3 Å². The van der Waals surface area contributed by atoms with Gasteiger partial charge in [0.1, 0.15) is 5.52 Å². The lowest BCUT2D eigenvalue weighted by atomic mass is 10.1. The molecule has 0 amide bonds. The average Bonchev–Trinajstić information content (AvgIpc) is 2.46. The van der Waals surface area contributed by atoms with Gasteiger partial charge in [-0.05, 0) is 30.9 Å². The quantitative estimate of drug-likeness (QED) is 0.649. The van der Waals surface area contributed by atoms with E-state index in [9.17, 15) is 10.1 Å². The Morgan fingerprint density at radius 2 is 2.25 bits per heavy atom. The van der Waals surface area contributed by atoms with Gasteiger partial charge in [0.05, 0.1) is 4.92 Å². The fourth-order valence-corrected chi connectivity index (χ4v) is 2.34. The summed E-state index contributed by atoms with van der Waals surface area (Å²) in [7, 11) is 0.